The molecule has 0 aliphatic heterocycles. The van der Waals surface area contributed by atoms with Gasteiger partial charge in [0, 0.05) is 12.6 Å². The minimum atomic E-state index is 0.408. The van der Waals surface area contributed by atoms with Crippen molar-refractivity contribution in [3.63, 3.8) is 0 Å². The molecule has 0 atom stereocenters. The largest absolute Gasteiger partial charge is 0.455 e. The van der Waals surface area contributed by atoms with Crippen LogP contribution >= 0.6 is 34.8 Å². The average molecular weight is 331 g/mol. The number of halogens is 3. The van der Waals surface area contributed by atoms with E-state index in [1.165, 1.54) is 5.56 Å². The van der Waals surface area contributed by atoms with Gasteiger partial charge in [-0.3, -0.25) is 0 Å². The summed E-state index contributed by atoms with van der Waals surface area (Å²) in [4.78, 5) is 0. The maximum atomic E-state index is 6.11. The van der Waals surface area contributed by atoms with Gasteiger partial charge < -0.3 is 10.1 Å². The molecule has 1 N–H and O–H groups in total. The fourth-order valence-electron chi connectivity index (χ4n) is 1.84. The maximum Gasteiger partial charge on any atom is 0.147 e. The summed E-state index contributed by atoms with van der Waals surface area (Å²) in [6, 6.07) is 9.18. The lowest BCUT2D eigenvalue weighted by atomic mass is 10.1. The molecule has 20 heavy (non-hydrogen) atoms. The first-order valence-corrected chi connectivity index (χ1v) is 7.21. The van der Waals surface area contributed by atoms with Gasteiger partial charge in [0.15, 0.2) is 0 Å². The number of rotatable bonds is 4. The fourth-order valence-corrected chi connectivity index (χ4v) is 2.42. The van der Waals surface area contributed by atoms with Gasteiger partial charge in [0.2, 0.25) is 0 Å². The Bertz CT molecular complexity index is 629. The fraction of sp³-hybridized carbons (Fsp3) is 0.200. The van der Waals surface area contributed by atoms with Crippen LogP contribution in [0.5, 0.6) is 11.5 Å². The predicted octanol–water partition coefficient (Wildman–Crippen LogP) is 5.47. The van der Waals surface area contributed by atoms with Crippen molar-refractivity contribution in [1.29, 1.82) is 0 Å². The smallest absolute Gasteiger partial charge is 0.147 e. The second-order valence-electron chi connectivity index (χ2n) is 4.43. The summed E-state index contributed by atoms with van der Waals surface area (Å²) < 4.78 is 5.81. The molecule has 0 saturated carbocycles. The molecule has 0 spiro atoms. The van der Waals surface area contributed by atoms with Gasteiger partial charge in [0.05, 0.1) is 15.1 Å². The highest BCUT2D eigenvalue weighted by molar-refractivity contribution is 6.43. The van der Waals surface area contributed by atoms with E-state index >= 15 is 0 Å². The molecule has 0 aliphatic carbocycles. The van der Waals surface area contributed by atoms with Gasteiger partial charge >= 0.3 is 0 Å². The Kier molecular flexibility index (Phi) is 5.17. The number of benzene rings is 2. The molecule has 106 valence electrons. The number of hydrogen-bond donors (Lipinski definition) is 1. The highest BCUT2D eigenvalue weighted by atomic mass is 35.5. The quantitative estimate of drug-likeness (QED) is 0.751. The summed E-state index contributed by atoms with van der Waals surface area (Å²) in [7, 11) is 1.91. The Morgan fingerprint density at radius 1 is 0.950 bits per heavy atom. The summed E-state index contributed by atoms with van der Waals surface area (Å²) in [6.07, 6.45) is 0. The summed E-state index contributed by atoms with van der Waals surface area (Å²) in [5.41, 5.74) is 2.22. The van der Waals surface area contributed by atoms with Crippen molar-refractivity contribution in [3.8, 4) is 11.5 Å². The van der Waals surface area contributed by atoms with Gasteiger partial charge in [-0.05, 0) is 37.2 Å². The lowest BCUT2D eigenvalue weighted by Crippen LogP contribution is -2.05. The Morgan fingerprint density at radius 2 is 1.65 bits per heavy atom. The average Bonchev–Trinajstić information content (AvgIpc) is 2.39. The van der Waals surface area contributed by atoms with Crippen molar-refractivity contribution in [2.24, 2.45) is 0 Å². The zero-order chi connectivity index (χ0) is 14.7. The van der Waals surface area contributed by atoms with E-state index in [1.807, 2.05) is 26.1 Å². The molecular weight excluding hydrogens is 317 g/mol. The van der Waals surface area contributed by atoms with Gasteiger partial charge in [-0.15, -0.1) is 0 Å². The molecule has 2 rings (SSSR count). The van der Waals surface area contributed by atoms with Gasteiger partial charge in [-0.1, -0.05) is 46.9 Å². The first-order chi connectivity index (χ1) is 9.51. The molecule has 0 heterocycles. The van der Waals surface area contributed by atoms with E-state index in [2.05, 4.69) is 11.4 Å². The van der Waals surface area contributed by atoms with Gasteiger partial charge in [-0.25, -0.2) is 0 Å². The Hall–Kier alpha value is -0.930. The standard InChI is InChI=1S/C15H14Cl3NO/c1-9-5-10(8-19-2)3-4-14(9)20-15-7-12(17)11(16)6-13(15)18/h3-7,19H,8H2,1-2H3. The summed E-state index contributed by atoms with van der Waals surface area (Å²) in [5.74, 6) is 1.23. The molecule has 0 fully saturated rings. The van der Waals surface area contributed by atoms with Crippen molar-refractivity contribution < 1.29 is 4.74 Å². The molecule has 2 aromatic rings. The van der Waals surface area contributed by atoms with Crippen LogP contribution in [0.3, 0.4) is 0 Å². The molecule has 5 heteroatoms. The predicted molar refractivity (Wildman–Crippen MR) is 85.5 cm³/mol. The number of aryl methyl sites for hydroxylation is 1. The lowest BCUT2D eigenvalue weighted by molar-refractivity contribution is 0.479. The third kappa shape index (κ3) is 3.58. The molecule has 0 amide bonds. The van der Waals surface area contributed by atoms with Crippen molar-refractivity contribution in [2.45, 2.75) is 13.5 Å². The van der Waals surface area contributed by atoms with Gasteiger partial charge in [0.25, 0.3) is 0 Å². The van der Waals surface area contributed by atoms with Crippen LogP contribution in [0, 0.1) is 6.92 Å². The molecule has 0 aliphatic rings. The lowest BCUT2D eigenvalue weighted by Gasteiger charge is -2.12. The molecule has 0 bridgehead atoms. The van der Waals surface area contributed by atoms with E-state index in [0.29, 0.717) is 20.8 Å². The van der Waals surface area contributed by atoms with E-state index in [-0.39, 0.29) is 0 Å². The van der Waals surface area contributed by atoms with E-state index in [0.717, 1.165) is 17.9 Å². The highest BCUT2D eigenvalue weighted by Crippen LogP contribution is 2.37. The third-order valence-corrected chi connectivity index (χ3v) is 3.83. The van der Waals surface area contributed by atoms with Crippen molar-refractivity contribution in [1.82, 2.24) is 5.32 Å². The van der Waals surface area contributed by atoms with Crippen LogP contribution in [0.25, 0.3) is 0 Å². The first kappa shape index (κ1) is 15.5. The van der Waals surface area contributed by atoms with Crippen LogP contribution < -0.4 is 10.1 Å². The third-order valence-electron chi connectivity index (χ3n) is 2.81. The van der Waals surface area contributed by atoms with Crippen LogP contribution in [-0.4, -0.2) is 7.05 Å². The number of ether oxygens (including phenoxy) is 1. The van der Waals surface area contributed by atoms with Crippen LogP contribution in [-0.2, 0) is 6.54 Å². The summed E-state index contributed by atoms with van der Waals surface area (Å²) in [5, 5.41) is 4.36. The molecule has 0 unspecified atom stereocenters. The Morgan fingerprint density at radius 3 is 2.30 bits per heavy atom. The first-order valence-electron chi connectivity index (χ1n) is 6.08. The van der Waals surface area contributed by atoms with Crippen LogP contribution in [0.15, 0.2) is 30.3 Å². The molecule has 0 saturated heterocycles. The second kappa shape index (κ2) is 6.68. The van der Waals surface area contributed by atoms with E-state index in [9.17, 15) is 0 Å². The van der Waals surface area contributed by atoms with E-state index < -0.39 is 0 Å². The van der Waals surface area contributed by atoms with Crippen LogP contribution in [0.4, 0.5) is 0 Å². The maximum absolute atomic E-state index is 6.11. The summed E-state index contributed by atoms with van der Waals surface area (Å²) in [6.45, 7) is 2.80. The van der Waals surface area contributed by atoms with Crippen molar-refractivity contribution >= 4 is 34.8 Å². The second-order valence-corrected chi connectivity index (χ2v) is 5.65. The van der Waals surface area contributed by atoms with Crippen molar-refractivity contribution in [2.75, 3.05) is 7.05 Å². The SMILES string of the molecule is CNCc1ccc(Oc2cc(Cl)c(Cl)cc2Cl)c(C)c1. The van der Waals surface area contributed by atoms with E-state index in [4.69, 9.17) is 39.5 Å². The normalized spacial score (nSPS) is 10.7. The van der Waals surface area contributed by atoms with E-state index in [1.54, 1.807) is 12.1 Å². The van der Waals surface area contributed by atoms with Gasteiger partial charge in [0.1, 0.15) is 11.5 Å². The molecule has 2 nitrogen and oxygen atoms in total. The Labute approximate surface area is 133 Å². The Balaban J connectivity index is 2.28. The monoisotopic (exact) mass is 329 g/mol. The minimum absolute atomic E-state index is 0.408. The minimum Gasteiger partial charge on any atom is -0.455 e. The number of nitrogens with one attached hydrogen (secondary N) is 1. The zero-order valence-electron chi connectivity index (χ0n) is 11.1. The van der Waals surface area contributed by atoms with Gasteiger partial charge in [-0.2, -0.15) is 0 Å². The summed E-state index contributed by atoms with van der Waals surface area (Å²) >= 11 is 18.0. The molecular formula is C15H14Cl3NO. The van der Waals surface area contributed by atoms with Crippen LogP contribution in [0.2, 0.25) is 15.1 Å². The molecule has 0 aromatic heterocycles. The number of hydrogen-bond acceptors (Lipinski definition) is 2. The molecule has 2 aromatic carbocycles. The van der Waals surface area contributed by atoms with Crippen molar-refractivity contribution in [3.05, 3.63) is 56.5 Å². The highest BCUT2D eigenvalue weighted by Gasteiger charge is 2.10. The topological polar surface area (TPSA) is 21.3 Å². The van der Waals surface area contributed by atoms with Crippen LogP contribution in [0.1, 0.15) is 11.1 Å². The molecule has 0 radical (unpaired) electrons. The zero-order valence-corrected chi connectivity index (χ0v) is 13.4.